The summed E-state index contributed by atoms with van der Waals surface area (Å²) in [5.74, 6) is -0.225. The van der Waals surface area contributed by atoms with Gasteiger partial charge in [-0.25, -0.2) is 0 Å². The number of phenolic OH excluding ortho intramolecular Hbond substituents is 4. The fraction of sp³-hybridized carbons (Fsp3) is 0.167. The highest BCUT2D eigenvalue weighted by Crippen LogP contribution is 2.57. The van der Waals surface area contributed by atoms with E-state index >= 15 is 0 Å². The number of benzene rings is 5. The lowest BCUT2D eigenvalue weighted by atomic mass is 9.87. The molecule has 0 saturated heterocycles. The third kappa shape index (κ3) is 2.26. The summed E-state index contributed by atoms with van der Waals surface area (Å²) in [4.78, 5) is 0. The predicted octanol–water partition coefficient (Wildman–Crippen LogP) is 4.59. The summed E-state index contributed by atoms with van der Waals surface area (Å²) in [5, 5.41) is 47.4. The Labute approximate surface area is 181 Å². The maximum absolute atomic E-state index is 11.1. The molecular formula is C24H20O8. The van der Waals surface area contributed by atoms with Crippen LogP contribution in [0.25, 0.3) is 43.1 Å². The molecule has 0 radical (unpaired) electrons. The molecule has 5 aromatic rings. The van der Waals surface area contributed by atoms with Gasteiger partial charge in [0, 0.05) is 32.3 Å². The van der Waals surface area contributed by atoms with Gasteiger partial charge in [-0.3, -0.25) is 0 Å². The van der Waals surface area contributed by atoms with Gasteiger partial charge in [-0.15, -0.1) is 0 Å². The monoisotopic (exact) mass is 436 g/mol. The Bertz CT molecular complexity index is 1330. The Hall–Kier alpha value is -4.20. The van der Waals surface area contributed by atoms with E-state index < -0.39 is 0 Å². The Morgan fingerprint density at radius 3 is 0.812 bits per heavy atom. The zero-order chi connectivity index (χ0) is 22.9. The largest absolute Gasteiger partial charge is 0.504 e. The Balaban J connectivity index is 2.29. The number of methoxy groups -OCH3 is 4. The molecule has 164 valence electrons. The summed E-state index contributed by atoms with van der Waals surface area (Å²) >= 11 is 0. The quantitative estimate of drug-likeness (QED) is 0.239. The van der Waals surface area contributed by atoms with Crippen molar-refractivity contribution in [1.82, 2.24) is 0 Å². The standard InChI is InChI=1S/C24H20O8/c1-29-11-5-9-6-12(30-2)23(27)19-15(9)17(21(11)25)18-16-10(7-13(31-3)22(18)26)8-14(32-4)24(28)20(16)19/h5-8,25-28H,1-4H3. The zero-order valence-corrected chi connectivity index (χ0v) is 17.7. The summed E-state index contributed by atoms with van der Waals surface area (Å²) < 4.78 is 21.5. The molecule has 0 aliphatic rings. The van der Waals surface area contributed by atoms with E-state index in [1.54, 1.807) is 24.3 Å². The van der Waals surface area contributed by atoms with Crippen LogP contribution in [0, 0.1) is 0 Å². The minimum Gasteiger partial charge on any atom is -0.504 e. The van der Waals surface area contributed by atoms with Crippen LogP contribution in [0.3, 0.4) is 0 Å². The number of fused-ring (bicyclic) bond motifs is 2. The van der Waals surface area contributed by atoms with E-state index in [9.17, 15) is 20.4 Å². The molecule has 0 heterocycles. The molecule has 0 atom stereocenters. The zero-order valence-electron chi connectivity index (χ0n) is 17.7. The van der Waals surface area contributed by atoms with Crippen molar-refractivity contribution in [2.75, 3.05) is 28.4 Å². The van der Waals surface area contributed by atoms with Crippen LogP contribution in [0.2, 0.25) is 0 Å². The number of aromatic hydroxyl groups is 4. The van der Waals surface area contributed by atoms with Crippen LogP contribution in [0.5, 0.6) is 46.0 Å². The topological polar surface area (TPSA) is 118 Å². The van der Waals surface area contributed by atoms with Gasteiger partial charge in [0.2, 0.25) is 0 Å². The molecule has 0 bridgehead atoms. The Kier molecular flexibility index (Phi) is 4.10. The van der Waals surface area contributed by atoms with Crippen molar-refractivity contribution < 1.29 is 39.4 Å². The van der Waals surface area contributed by atoms with E-state index in [2.05, 4.69) is 0 Å². The van der Waals surface area contributed by atoms with E-state index in [0.717, 1.165) is 0 Å². The number of phenols is 4. The van der Waals surface area contributed by atoms with Gasteiger partial charge in [0.05, 0.1) is 28.4 Å². The highest BCUT2D eigenvalue weighted by atomic mass is 16.5. The number of ether oxygens (including phenoxy) is 4. The summed E-state index contributed by atoms with van der Waals surface area (Å²) in [6, 6.07) is 6.37. The molecule has 0 aliphatic heterocycles. The van der Waals surface area contributed by atoms with Crippen molar-refractivity contribution in [3.63, 3.8) is 0 Å². The first kappa shape index (κ1) is 19.7. The van der Waals surface area contributed by atoms with Gasteiger partial charge in [0.1, 0.15) is 0 Å². The summed E-state index contributed by atoms with van der Waals surface area (Å²) in [7, 11) is 5.67. The van der Waals surface area contributed by atoms with Gasteiger partial charge >= 0.3 is 0 Å². The molecule has 32 heavy (non-hydrogen) atoms. The fourth-order valence-electron chi connectivity index (χ4n) is 4.60. The second-order valence-corrected chi connectivity index (χ2v) is 7.41. The maximum Gasteiger partial charge on any atom is 0.166 e. The molecule has 5 aromatic carbocycles. The van der Waals surface area contributed by atoms with Gasteiger partial charge in [-0.2, -0.15) is 0 Å². The highest BCUT2D eigenvalue weighted by molar-refractivity contribution is 6.38. The molecule has 0 aliphatic carbocycles. The van der Waals surface area contributed by atoms with Gasteiger partial charge in [-0.05, 0) is 35.0 Å². The Morgan fingerprint density at radius 2 is 0.625 bits per heavy atom. The van der Waals surface area contributed by atoms with Crippen molar-refractivity contribution in [2.45, 2.75) is 0 Å². The van der Waals surface area contributed by atoms with E-state index in [1.165, 1.54) is 28.4 Å². The second-order valence-electron chi connectivity index (χ2n) is 7.41. The first-order chi connectivity index (χ1) is 15.4. The third-order valence-corrected chi connectivity index (χ3v) is 5.98. The van der Waals surface area contributed by atoms with Crippen LogP contribution in [0.15, 0.2) is 24.3 Å². The lowest BCUT2D eigenvalue weighted by molar-refractivity contribution is 0.373. The lowest BCUT2D eigenvalue weighted by Crippen LogP contribution is -1.96. The molecule has 5 rings (SSSR count). The summed E-state index contributed by atoms with van der Waals surface area (Å²) in [6.07, 6.45) is 0. The molecule has 4 N–H and O–H groups in total. The molecule has 8 nitrogen and oxygen atoms in total. The lowest BCUT2D eigenvalue weighted by Gasteiger charge is -2.21. The minimum atomic E-state index is -0.225. The van der Waals surface area contributed by atoms with E-state index in [-0.39, 0.29) is 67.5 Å². The highest BCUT2D eigenvalue weighted by Gasteiger charge is 2.28. The number of hydrogen-bond donors (Lipinski definition) is 4. The van der Waals surface area contributed by atoms with E-state index in [0.29, 0.717) is 21.5 Å². The Morgan fingerprint density at radius 1 is 0.406 bits per heavy atom. The third-order valence-electron chi connectivity index (χ3n) is 5.98. The molecule has 0 saturated carbocycles. The van der Waals surface area contributed by atoms with Crippen LogP contribution in [0.4, 0.5) is 0 Å². The van der Waals surface area contributed by atoms with Crippen LogP contribution >= 0.6 is 0 Å². The van der Waals surface area contributed by atoms with E-state index in [4.69, 9.17) is 18.9 Å². The van der Waals surface area contributed by atoms with Gasteiger partial charge in [-0.1, -0.05) is 0 Å². The minimum absolute atomic E-state index is 0.169. The number of rotatable bonds is 4. The van der Waals surface area contributed by atoms with Crippen LogP contribution < -0.4 is 18.9 Å². The molecule has 0 aromatic heterocycles. The average molecular weight is 436 g/mol. The molecule has 0 fully saturated rings. The summed E-state index contributed by atoms with van der Waals surface area (Å²) in [5.41, 5.74) is 0. The van der Waals surface area contributed by atoms with Gasteiger partial charge < -0.3 is 39.4 Å². The molecular weight excluding hydrogens is 416 g/mol. The molecule has 0 amide bonds. The van der Waals surface area contributed by atoms with E-state index in [1.807, 2.05) is 0 Å². The molecule has 0 unspecified atom stereocenters. The average Bonchev–Trinajstić information content (AvgIpc) is 2.80. The van der Waals surface area contributed by atoms with Crippen LogP contribution in [0.1, 0.15) is 0 Å². The SMILES string of the molecule is COc1cc2cc(OC)c(O)c3c4c(O)c(OC)cc5cc(OC)c(O)c(c(c1O)c23)c54. The van der Waals surface area contributed by atoms with Crippen molar-refractivity contribution >= 4 is 43.1 Å². The molecule has 8 heteroatoms. The fourth-order valence-corrected chi connectivity index (χ4v) is 4.60. The summed E-state index contributed by atoms with van der Waals surface area (Å²) in [6.45, 7) is 0. The van der Waals surface area contributed by atoms with Crippen molar-refractivity contribution in [2.24, 2.45) is 0 Å². The normalized spacial score (nSPS) is 11.6. The van der Waals surface area contributed by atoms with Crippen molar-refractivity contribution in [1.29, 1.82) is 0 Å². The van der Waals surface area contributed by atoms with Gasteiger partial charge in [0.25, 0.3) is 0 Å². The predicted molar refractivity (Wildman–Crippen MR) is 121 cm³/mol. The second kappa shape index (κ2) is 6.65. The number of hydrogen-bond acceptors (Lipinski definition) is 8. The smallest absolute Gasteiger partial charge is 0.166 e. The van der Waals surface area contributed by atoms with Crippen molar-refractivity contribution in [3.05, 3.63) is 24.3 Å². The first-order valence-corrected chi connectivity index (χ1v) is 9.65. The maximum atomic E-state index is 11.1. The van der Waals surface area contributed by atoms with Crippen LogP contribution in [-0.4, -0.2) is 48.9 Å². The van der Waals surface area contributed by atoms with Crippen molar-refractivity contribution in [3.8, 4) is 46.0 Å². The van der Waals surface area contributed by atoms with Crippen LogP contribution in [-0.2, 0) is 0 Å². The molecule has 0 spiro atoms. The first-order valence-electron chi connectivity index (χ1n) is 9.65. The van der Waals surface area contributed by atoms with Gasteiger partial charge in [0.15, 0.2) is 46.0 Å².